The minimum atomic E-state index is -0.124. The van der Waals surface area contributed by atoms with Gasteiger partial charge in [-0.05, 0) is 29.2 Å². The van der Waals surface area contributed by atoms with Crippen molar-refractivity contribution in [2.24, 2.45) is 0 Å². The van der Waals surface area contributed by atoms with Crippen LogP contribution in [-0.2, 0) is 5.41 Å². The van der Waals surface area contributed by atoms with Crippen molar-refractivity contribution in [3.05, 3.63) is 48.0 Å². The van der Waals surface area contributed by atoms with Gasteiger partial charge in [-0.2, -0.15) is 0 Å². The lowest BCUT2D eigenvalue weighted by molar-refractivity contribution is 0.446. The van der Waals surface area contributed by atoms with Crippen molar-refractivity contribution in [3.8, 4) is 11.4 Å². The maximum Gasteiger partial charge on any atom is 0.121 e. The highest BCUT2D eigenvalue weighted by atomic mass is 16.3. The van der Waals surface area contributed by atoms with Crippen molar-refractivity contribution in [1.82, 2.24) is 15.0 Å². The Bertz CT molecular complexity index is 736. The van der Waals surface area contributed by atoms with Gasteiger partial charge in [-0.15, -0.1) is 15.0 Å². The van der Waals surface area contributed by atoms with Gasteiger partial charge in [0.25, 0.3) is 0 Å². The number of aromatic nitrogens is 3. The van der Waals surface area contributed by atoms with Gasteiger partial charge >= 0.3 is 0 Å². The van der Waals surface area contributed by atoms with Crippen molar-refractivity contribution in [1.29, 1.82) is 0 Å². The quantitative estimate of drug-likeness (QED) is 0.735. The fourth-order valence-electron chi connectivity index (χ4n) is 2.15. The summed E-state index contributed by atoms with van der Waals surface area (Å²) in [4.78, 5) is 1.50. The van der Waals surface area contributed by atoms with Crippen LogP contribution < -0.4 is 0 Å². The average Bonchev–Trinajstić information content (AvgIpc) is 2.80. The van der Waals surface area contributed by atoms with Gasteiger partial charge in [0.15, 0.2) is 0 Å². The molecule has 0 unspecified atom stereocenters. The Morgan fingerprint density at radius 2 is 1.70 bits per heavy atom. The largest absolute Gasteiger partial charge is 0.508 e. The number of phenols is 1. The van der Waals surface area contributed by atoms with E-state index < -0.39 is 0 Å². The molecule has 0 aliphatic heterocycles. The van der Waals surface area contributed by atoms with E-state index in [1.165, 1.54) is 4.80 Å². The Hall–Kier alpha value is -2.36. The summed E-state index contributed by atoms with van der Waals surface area (Å²) in [6.07, 6.45) is 0. The van der Waals surface area contributed by atoms with Gasteiger partial charge in [0.05, 0.1) is 5.69 Å². The third kappa shape index (κ3) is 2.13. The van der Waals surface area contributed by atoms with Crippen molar-refractivity contribution < 1.29 is 5.11 Å². The fraction of sp³-hybridized carbons (Fsp3) is 0.250. The van der Waals surface area contributed by atoms with E-state index in [1.54, 1.807) is 12.1 Å². The molecule has 4 nitrogen and oxygen atoms in total. The number of aromatic hydroxyl groups is 1. The maximum absolute atomic E-state index is 10.2. The first-order chi connectivity index (χ1) is 9.45. The fourth-order valence-corrected chi connectivity index (χ4v) is 2.15. The molecule has 0 spiro atoms. The van der Waals surface area contributed by atoms with E-state index in [2.05, 4.69) is 37.0 Å². The van der Waals surface area contributed by atoms with E-state index in [0.717, 1.165) is 16.6 Å². The summed E-state index contributed by atoms with van der Waals surface area (Å²) in [6, 6.07) is 14.2. The number of hydrogen-bond acceptors (Lipinski definition) is 3. The van der Waals surface area contributed by atoms with Gasteiger partial charge in [0, 0.05) is 12.1 Å². The van der Waals surface area contributed by atoms with Crippen LogP contribution in [0.3, 0.4) is 0 Å². The standard InChI is InChI=1S/C16H16N3O/c1-16(2,3)12-9-8-11(10-15(12)20)19-17-13-6-4-5-7-14(13)18-19/h4-7,9-10,20H,1-3H3. The molecule has 0 amide bonds. The molecule has 0 saturated carbocycles. The zero-order chi connectivity index (χ0) is 14.3. The van der Waals surface area contributed by atoms with Crippen LogP contribution in [0.15, 0.2) is 36.4 Å². The Labute approximate surface area is 117 Å². The molecule has 0 bridgehead atoms. The molecule has 0 aliphatic carbocycles. The van der Waals surface area contributed by atoms with Gasteiger partial charge in [0.1, 0.15) is 16.8 Å². The molecule has 3 rings (SSSR count). The highest BCUT2D eigenvalue weighted by Gasteiger charge is 2.18. The van der Waals surface area contributed by atoms with E-state index in [-0.39, 0.29) is 11.2 Å². The van der Waals surface area contributed by atoms with Crippen LogP contribution >= 0.6 is 0 Å². The van der Waals surface area contributed by atoms with Crippen molar-refractivity contribution in [3.63, 3.8) is 0 Å². The number of rotatable bonds is 1. The summed E-state index contributed by atoms with van der Waals surface area (Å²) in [5, 5.41) is 18.9. The second-order valence-corrected chi connectivity index (χ2v) is 5.85. The van der Waals surface area contributed by atoms with E-state index in [0.29, 0.717) is 5.69 Å². The lowest BCUT2D eigenvalue weighted by atomic mass is 9.86. The van der Waals surface area contributed by atoms with Crippen LogP contribution in [0.1, 0.15) is 26.3 Å². The average molecular weight is 266 g/mol. The molecular weight excluding hydrogens is 250 g/mol. The summed E-state index contributed by atoms with van der Waals surface area (Å²) in [5.74, 6) is 0.243. The number of benzene rings is 2. The SMILES string of the molecule is CC(C)(C)c1c[c]c(-n2nc3ccccc3n2)cc1O. The Balaban J connectivity index is 2.08. The number of fused-ring (bicyclic) bond motifs is 1. The molecule has 1 aromatic heterocycles. The smallest absolute Gasteiger partial charge is 0.121 e. The van der Waals surface area contributed by atoms with Gasteiger partial charge < -0.3 is 5.11 Å². The summed E-state index contributed by atoms with van der Waals surface area (Å²) < 4.78 is 0. The predicted molar refractivity (Wildman–Crippen MR) is 78.1 cm³/mol. The molecule has 0 aliphatic rings. The van der Waals surface area contributed by atoms with Crippen LogP contribution in [0.4, 0.5) is 0 Å². The summed E-state index contributed by atoms with van der Waals surface area (Å²) in [7, 11) is 0. The molecule has 3 aromatic rings. The minimum absolute atomic E-state index is 0.124. The van der Waals surface area contributed by atoms with E-state index in [1.807, 2.05) is 24.3 Å². The molecule has 0 fully saturated rings. The monoisotopic (exact) mass is 266 g/mol. The molecule has 0 atom stereocenters. The number of phenolic OH excluding ortho intramolecular Hbond substituents is 1. The van der Waals surface area contributed by atoms with E-state index in [9.17, 15) is 5.11 Å². The first kappa shape index (κ1) is 12.7. The summed E-state index contributed by atoms with van der Waals surface area (Å²) >= 11 is 0. The van der Waals surface area contributed by atoms with Crippen molar-refractivity contribution >= 4 is 11.0 Å². The van der Waals surface area contributed by atoms with Crippen LogP contribution in [-0.4, -0.2) is 20.1 Å². The van der Waals surface area contributed by atoms with Gasteiger partial charge in [-0.3, -0.25) is 0 Å². The Morgan fingerprint density at radius 3 is 2.20 bits per heavy atom. The van der Waals surface area contributed by atoms with Crippen LogP contribution in [0.25, 0.3) is 16.7 Å². The molecule has 101 valence electrons. The van der Waals surface area contributed by atoms with Crippen LogP contribution in [0.2, 0.25) is 0 Å². The number of hydrogen-bond donors (Lipinski definition) is 1. The molecule has 1 N–H and O–H groups in total. The molecule has 1 heterocycles. The van der Waals surface area contributed by atoms with Gasteiger partial charge in [-0.25, -0.2) is 0 Å². The zero-order valence-corrected chi connectivity index (χ0v) is 11.8. The summed E-state index contributed by atoms with van der Waals surface area (Å²) in [6.45, 7) is 6.15. The second-order valence-electron chi connectivity index (χ2n) is 5.85. The molecule has 0 saturated heterocycles. The van der Waals surface area contributed by atoms with Crippen LogP contribution in [0, 0.1) is 6.07 Å². The molecule has 20 heavy (non-hydrogen) atoms. The second kappa shape index (κ2) is 4.34. The highest BCUT2D eigenvalue weighted by Crippen LogP contribution is 2.31. The van der Waals surface area contributed by atoms with Crippen LogP contribution in [0.5, 0.6) is 5.75 Å². The Kier molecular flexibility index (Phi) is 2.74. The van der Waals surface area contributed by atoms with E-state index >= 15 is 0 Å². The third-order valence-corrected chi connectivity index (χ3v) is 3.22. The number of nitrogens with zero attached hydrogens (tertiary/aromatic N) is 3. The topological polar surface area (TPSA) is 50.9 Å². The first-order valence-corrected chi connectivity index (χ1v) is 6.53. The zero-order valence-electron chi connectivity index (χ0n) is 11.8. The lowest BCUT2D eigenvalue weighted by Gasteiger charge is -2.20. The lowest BCUT2D eigenvalue weighted by Crippen LogP contribution is -2.12. The van der Waals surface area contributed by atoms with Crippen molar-refractivity contribution in [2.75, 3.05) is 0 Å². The highest BCUT2D eigenvalue weighted by molar-refractivity contribution is 5.73. The third-order valence-electron chi connectivity index (χ3n) is 3.22. The molecule has 2 aromatic carbocycles. The van der Waals surface area contributed by atoms with Crippen molar-refractivity contribution in [2.45, 2.75) is 26.2 Å². The molecule has 1 radical (unpaired) electrons. The van der Waals surface area contributed by atoms with E-state index in [4.69, 9.17) is 0 Å². The van der Waals surface area contributed by atoms with Gasteiger partial charge in [-0.1, -0.05) is 32.9 Å². The summed E-state index contributed by atoms with van der Waals surface area (Å²) in [5.41, 5.74) is 3.01. The minimum Gasteiger partial charge on any atom is -0.508 e. The maximum atomic E-state index is 10.2. The van der Waals surface area contributed by atoms with Gasteiger partial charge in [0.2, 0.25) is 0 Å². The molecule has 4 heteroatoms. The predicted octanol–water partition coefficient (Wildman–Crippen LogP) is 3.22. The normalized spacial score (nSPS) is 11.9. The molecular formula is C16H16N3O. The Morgan fingerprint density at radius 1 is 1.10 bits per heavy atom. The first-order valence-electron chi connectivity index (χ1n) is 6.53.